The van der Waals surface area contributed by atoms with Gasteiger partial charge in [-0.1, -0.05) is 0 Å². The number of carboxylic acid groups (broad SMARTS) is 1. The number of aliphatic carboxylic acids is 1. The van der Waals surface area contributed by atoms with Crippen LogP contribution in [0.1, 0.15) is 20.8 Å². The Hall–Kier alpha value is -1.89. The Bertz CT molecular complexity index is 602. The number of hydrogen-bond acceptors (Lipinski definition) is 4. The van der Waals surface area contributed by atoms with Crippen LogP contribution in [0, 0.1) is 0 Å². The van der Waals surface area contributed by atoms with Crippen LogP contribution in [0.25, 0.3) is 0 Å². The highest BCUT2D eigenvalue weighted by Gasteiger charge is 2.42. The van der Waals surface area contributed by atoms with Crippen LogP contribution in [0.3, 0.4) is 0 Å². The van der Waals surface area contributed by atoms with Crippen molar-refractivity contribution in [2.24, 2.45) is 0 Å². The molecule has 0 radical (unpaired) electrons. The van der Waals surface area contributed by atoms with Gasteiger partial charge in [-0.25, -0.2) is 8.42 Å². The Kier molecular flexibility index (Phi) is 4.00. The molecule has 1 rings (SSSR count). The molecule has 19 heavy (non-hydrogen) atoms. The number of nitrogens with one attached hydrogen (secondary N) is 1. The van der Waals surface area contributed by atoms with Crippen molar-refractivity contribution in [1.29, 1.82) is 0 Å². The molecule has 0 saturated heterocycles. The van der Waals surface area contributed by atoms with Crippen LogP contribution < -0.4 is 5.32 Å². The molecule has 0 bridgehead atoms. The monoisotopic (exact) mass is 285 g/mol. The number of amides is 1. The van der Waals surface area contributed by atoms with Gasteiger partial charge in [-0.05, 0) is 38.1 Å². The standard InChI is InChI=1S/C12H15NO5S/c1-8(14)13-9-4-6-10(7-5-9)19(17,18)12(2,3)11(15)16/h4-7H,1-3H3,(H,13,14)(H,15,16). The van der Waals surface area contributed by atoms with Gasteiger partial charge in [0.15, 0.2) is 14.6 Å². The first-order chi connectivity index (χ1) is 8.59. The number of rotatable bonds is 4. The summed E-state index contributed by atoms with van der Waals surface area (Å²) in [5, 5.41) is 11.5. The predicted molar refractivity (Wildman–Crippen MR) is 69.6 cm³/mol. The lowest BCUT2D eigenvalue weighted by Gasteiger charge is -2.19. The van der Waals surface area contributed by atoms with Crippen molar-refractivity contribution in [3.05, 3.63) is 24.3 Å². The number of benzene rings is 1. The molecule has 1 aromatic rings. The van der Waals surface area contributed by atoms with Gasteiger partial charge < -0.3 is 10.4 Å². The Labute approximate surface area is 111 Å². The van der Waals surface area contributed by atoms with Gasteiger partial charge in [-0.15, -0.1) is 0 Å². The van der Waals surface area contributed by atoms with E-state index in [1.165, 1.54) is 31.2 Å². The molecule has 0 aliphatic rings. The third kappa shape index (κ3) is 2.93. The minimum Gasteiger partial charge on any atom is -0.480 e. The molecular weight excluding hydrogens is 270 g/mol. The van der Waals surface area contributed by atoms with E-state index in [2.05, 4.69) is 5.32 Å². The zero-order chi connectivity index (χ0) is 14.8. The molecule has 0 spiro atoms. The number of hydrogen-bond donors (Lipinski definition) is 2. The third-order valence-electron chi connectivity index (χ3n) is 2.67. The highest BCUT2D eigenvalue weighted by Crippen LogP contribution is 2.26. The molecule has 0 aliphatic carbocycles. The second-order valence-corrected chi connectivity index (χ2v) is 7.02. The summed E-state index contributed by atoms with van der Waals surface area (Å²) in [5.41, 5.74) is 0.444. The van der Waals surface area contributed by atoms with Gasteiger partial charge in [0.05, 0.1) is 4.90 Å². The summed E-state index contributed by atoms with van der Waals surface area (Å²) in [6.07, 6.45) is 0. The average molecular weight is 285 g/mol. The predicted octanol–water partition coefficient (Wildman–Crippen LogP) is 1.28. The summed E-state index contributed by atoms with van der Waals surface area (Å²) in [7, 11) is -4.00. The molecule has 0 fully saturated rings. The van der Waals surface area contributed by atoms with Crippen LogP contribution in [0.15, 0.2) is 29.2 Å². The molecule has 7 heteroatoms. The summed E-state index contributed by atoms with van der Waals surface area (Å²) in [6, 6.07) is 5.36. The summed E-state index contributed by atoms with van der Waals surface area (Å²) in [4.78, 5) is 21.8. The van der Waals surface area contributed by atoms with Crippen LogP contribution in [0.2, 0.25) is 0 Å². The third-order valence-corrected chi connectivity index (χ3v) is 5.08. The maximum Gasteiger partial charge on any atom is 0.324 e. The largest absolute Gasteiger partial charge is 0.480 e. The second kappa shape index (κ2) is 5.00. The molecule has 6 nitrogen and oxygen atoms in total. The Balaban J connectivity index is 3.17. The lowest BCUT2D eigenvalue weighted by molar-refractivity contribution is -0.139. The Morgan fingerprint density at radius 1 is 1.16 bits per heavy atom. The van der Waals surface area contributed by atoms with E-state index >= 15 is 0 Å². The van der Waals surface area contributed by atoms with E-state index in [1.54, 1.807) is 0 Å². The summed E-state index contributed by atoms with van der Waals surface area (Å²) < 4.78 is 22.4. The van der Waals surface area contributed by atoms with Crippen molar-refractivity contribution in [3.63, 3.8) is 0 Å². The van der Waals surface area contributed by atoms with Crippen molar-refractivity contribution < 1.29 is 23.1 Å². The maximum absolute atomic E-state index is 12.2. The zero-order valence-corrected chi connectivity index (χ0v) is 11.6. The van der Waals surface area contributed by atoms with E-state index < -0.39 is 20.6 Å². The van der Waals surface area contributed by atoms with E-state index in [9.17, 15) is 18.0 Å². The summed E-state index contributed by atoms with van der Waals surface area (Å²) in [5.74, 6) is -1.69. The molecule has 1 aromatic carbocycles. The molecule has 0 unspecified atom stereocenters. The van der Waals surface area contributed by atoms with Crippen molar-refractivity contribution in [2.75, 3.05) is 5.32 Å². The lowest BCUT2D eigenvalue weighted by atomic mass is 10.2. The van der Waals surface area contributed by atoms with Crippen molar-refractivity contribution in [1.82, 2.24) is 0 Å². The van der Waals surface area contributed by atoms with Crippen molar-refractivity contribution >= 4 is 27.4 Å². The van der Waals surface area contributed by atoms with Gasteiger partial charge in [-0.3, -0.25) is 9.59 Å². The van der Waals surface area contributed by atoms with E-state index in [0.29, 0.717) is 5.69 Å². The van der Waals surface area contributed by atoms with Crippen molar-refractivity contribution in [3.8, 4) is 0 Å². The maximum atomic E-state index is 12.2. The molecule has 0 aromatic heterocycles. The van der Waals surface area contributed by atoms with E-state index in [-0.39, 0.29) is 10.8 Å². The normalized spacial score (nSPS) is 11.9. The van der Waals surface area contributed by atoms with Gasteiger partial charge in [0.25, 0.3) is 0 Å². The average Bonchev–Trinajstić information content (AvgIpc) is 2.28. The Morgan fingerprint density at radius 2 is 1.63 bits per heavy atom. The van der Waals surface area contributed by atoms with E-state index in [0.717, 1.165) is 13.8 Å². The summed E-state index contributed by atoms with van der Waals surface area (Å²) >= 11 is 0. The topological polar surface area (TPSA) is 101 Å². The van der Waals surface area contributed by atoms with Gasteiger partial charge in [0.2, 0.25) is 5.91 Å². The van der Waals surface area contributed by atoms with Gasteiger partial charge in [-0.2, -0.15) is 0 Å². The van der Waals surface area contributed by atoms with Gasteiger partial charge in [0, 0.05) is 12.6 Å². The minimum absolute atomic E-state index is 0.103. The van der Waals surface area contributed by atoms with E-state index in [4.69, 9.17) is 5.11 Å². The molecule has 0 heterocycles. The molecule has 104 valence electrons. The molecular formula is C12H15NO5S. The zero-order valence-electron chi connectivity index (χ0n) is 10.8. The van der Waals surface area contributed by atoms with Crippen LogP contribution in [0.4, 0.5) is 5.69 Å². The van der Waals surface area contributed by atoms with Gasteiger partial charge >= 0.3 is 5.97 Å². The fourth-order valence-electron chi connectivity index (χ4n) is 1.33. The number of sulfone groups is 1. The van der Waals surface area contributed by atoms with Crippen LogP contribution in [0.5, 0.6) is 0 Å². The molecule has 1 amide bonds. The van der Waals surface area contributed by atoms with Crippen LogP contribution >= 0.6 is 0 Å². The first-order valence-electron chi connectivity index (χ1n) is 5.44. The highest BCUT2D eigenvalue weighted by atomic mass is 32.2. The van der Waals surface area contributed by atoms with Crippen LogP contribution in [-0.2, 0) is 19.4 Å². The molecule has 0 saturated carbocycles. The lowest BCUT2D eigenvalue weighted by Crippen LogP contribution is -2.40. The number of carbonyl (C=O) groups is 2. The number of anilines is 1. The minimum atomic E-state index is -4.00. The molecule has 2 N–H and O–H groups in total. The molecule has 0 atom stereocenters. The first kappa shape index (κ1) is 15.2. The fourth-order valence-corrected chi connectivity index (χ4v) is 2.64. The Morgan fingerprint density at radius 3 is 2.00 bits per heavy atom. The van der Waals surface area contributed by atoms with Gasteiger partial charge in [0.1, 0.15) is 0 Å². The van der Waals surface area contributed by atoms with Crippen molar-refractivity contribution in [2.45, 2.75) is 30.4 Å². The van der Waals surface area contributed by atoms with E-state index in [1.807, 2.05) is 0 Å². The first-order valence-corrected chi connectivity index (χ1v) is 6.93. The fraction of sp³-hybridized carbons (Fsp3) is 0.333. The highest BCUT2D eigenvalue weighted by molar-refractivity contribution is 7.93. The number of carboxylic acids is 1. The number of carbonyl (C=O) groups excluding carboxylic acids is 1. The second-order valence-electron chi connectivity index (χ2n) is 4.52. The summed E-state index contributed by atoms with van der Waals surface area (Å²) in [6.45, 7) is 3.59. The smallest absolute Gasteiger partial charge is 0.324 e. The SMILES string of the molecule is CC(=O)Nc1ccc(S(=O)(=O)C(C)(C)C(=O)O)cc1. The quantitative estimate of drug-likeness (QED) is 0.868. The van der Waals surface area contributed by atoms with Crippen LogP contribution in [-0.4, -0.2) is 30.1 Å². The molecule has 0 aliphatic heterocycles.